The third kappa shape index (κ3) is 3.01. The van der Waals surface area contributed by atoms with Crippen molar-refractivity contribution < 1.29 is 14.4 Å². The molecule has 0 N–H and O–H groups in total. The molecule has 0 aliphatic carbocycles. The van der Waals surface area contributed by atoms with Gasteiger partial charge in [-0.3, -0.25) is 14.5 Å². The van der Waals surface area contributed by atoms with Gasteiger partial charge in [0.05, 0.1) is 6.54 Å². The number of hydrogen-bond acceptors (Lipinski definition) is 4. The Balaban J connectivity index is 2.18. The number of imide groups is 2. The van der Waals surface area contributed by atoms with Crippen molar-refractivity contribution in [2.75, 3.05) is 0 Å². The molecule has 4 amide bonds. The van der Waals surface area contributed by atoms with Crippen LogP contribution in [0.1, 0.15) is 26.3 Å². The summed E-state index contributed by atoms with van der Waals surface area (Å²) in [5.74, 6) is -1.54. The van der Waals surface area contributed by atoms with Crippen molar-refractivity contribution in [3.05, 3.63) is 35.9 Å². The molecule has 1 saturated heterocycles. The first-order valence-corrected chi connectivity index (χ1v) is 7.00. The Hall–Kier alpha value is -1.82. The fraction of sp³-hybridized carbons (Fsp3) is 0.357. The molecule has 106 valence electrons. The van der Waals surface area contributed by atoms with Crippen LogP contribution >= 0.6 is 11.9 Å². The van der Waals surface area contributed by atoms with E-state index in [0.717, 1.165) is 26.7 Å². The molecule has 0 atom stereocenters. The Morgan fingerprint density at radius 2 is 1.60 bits per heavy atom. The first kappa shape index (κ1) is 14.6. The molecule has 5 nitrogen and oxygen atoms in total. The largest absolute Gasteiger partial charge is 0.344 e. The van der Waals surface area contributed by atoms with Crippen LogP contribution in [0.15, 0.2) is 30.3 Å². The molecular weight excluding hydrogens is 276 g/mol. The molecule has 0 radical (unpaired) electrons. The third-order valence-corrected chi connectivity index (χ3v) is 3.62. The van der Waals surface area contributed by atoms with E-state index in [-0.39, 0.29) is 11.3 Å². The van der Waals surface area contributed by atoms with Crippen molar-refractivity contribution in [2.45, 2.75) is 32.1 Å². The van der Waals surface area contributed by atoms with Crippen LogP contribution in [-0.4, -0.2) is 31.8 Å². The first-order valence-electron chi connectivity index (χ1n) is 6.22. The number of rotatable bonds is 3. The van der Waals surface area contributed by atoms with Gasteiger partial charge in [0.1, 0.15) is 0 Å². The van der Waals surface area contributed by atoms with Crippen LogP contribution in [0.4, 0.5) is 4.79 Å². The molecule has 1 aromatic carbocycles. The number of benzene rings is 1. The highest BCUT2D eigenvalue weighted by atomic mass is 32.2. The van der Waals surface area contributed by atoms with Crippen LogP contribution < -0.4 is 0 Å². The van der Waals surface area contributed by atoms with Gasteiger partial charge in [0, 0.05) is 4.75 Å². The summed E-state index contributed by atoms with van der Waals surface area (Å²) in [5.41, 5.74) is 0.810. The Bertz CT molecular complexity index is 551. The Labute approximate surface area is 122 Å². The number of urea groups is 1. The van der Waals surface area contributed by atoms with Crippen molar-refractivity contribution in [1.82, 2.24) is 9.21 Å². The van der Waals surface area contributed by atoms with Crippen LogP contribution in [0, 0.1) is 0 Å². The molecule has 1 heterocycles. The molecule has 0 bridgehead atoms. The Kier molecular flexibility index (Phi) is 3.85. The number of amides is 4. The molecule has 1 aliphatic rings. The van der Waals surface area contributed by atoms with E-state index in [0.29, 0.717) is 0 Å². The van der Waals surface area contributed by atoms with E-state index in [1.807, 2.05) is 51.1 Å². The maximum atomic E-state index is 12.2. The zero-order chi connectivity index (χ0) is 14.9. The van der Waals surface area contributed by atoms with E-state index in [1.54, 1.807) is 0 Å². The van der Waals surface area contributed by atoms with Crippen molar-refractivity contribution in [3.63, 3.8) is 0 Å². The minimum atomic E-state index is -0.772. The lowest BCUT2D eigenvalue weighted by atomic mass is 10.2. The van der Waals surface area contributed by atoms with Crippen molar-refractivity contribution >= 4 is 29.8 Å². The number of carbonyl (C=O) groups is 3. The fourth-order valence-electron chi connectivity index (χ4n) is 1.75. The molecule has 1 aliphatic heterocycles. The zero-order valence-corrected chi connectivity index (χ0v) is 12.4. The number of carbonyl (C=O) groups excluding carboxylic acids is 3. The lowest BCUT2D eigenvalue weighted by molar-refractivity contribution is -0.141. The van der Waals surface area contributed by atoms with E-state index in [9.17, 15) is 14.4 Å². The maximum absolute atomic E-state index is 12.2. The van der Waals surface area contributed by atoms with Gasteiger partial charge >= 0.3 is 17.8 Å². The van der Waals surface area contributed by atoms with Crippen molar-refractivity contribution in [1.29, 1.82) is 0 Å². The van der Waals surface area contributed by atoms with Gasteiger partial charge in [-0.2, -0.15) is 4.31 Å². The second kappa shape index (κ2) is 5.28. The summed E-state index contributed by atoms with van der Waals surface area (Å²) in [5, 5.41) is 0. The number of hydrogen-bond donors (Lipinski definition) is 0. The minimum absolute atomic E-state index is 0.117. The van der Waals surface area contributed by atoms with Crippen molar-refractivity contribution in [3.8, 4) is 0 Å². The molecule has 0 saturated carbocycles. The van der Waals surface area contributed by atoms with Gasteiger partial charge in [0.25, 0.3) is 0 Å². The Morgan fingerprint density at radius 3 is 2.15 bits per heavy atom. The minimum Gasteiger partial charge on any atom is -0.263 e. The highest BCUT2D eigenvalue weighted by molar-refractivity contribution is 7.99. The highest BCUT2D eigenvalue weighted by Crippen LogP contribution is 2.32. The SMILES string of the molecule is CC(C)(C)SN1C(=O)C(=O)N(Cc2ccccc2)C1=O. The summed E-state index contributed by atoms with van der Waals surface area (Å²) in [7, 11) is 0. The second-order valence-electron chi connectivity index (χ2n) is 5.46. The topological polar surface area (TPSA) is 57.7 Å². The normalized spacial score (nSPS) is 16.2. The molecule has 6 heteroatoms. The molecular formula is C14H16N2O3S. The molecule has 20 heavy (non-hydrogen) atoms. The Morgan fingerprint density at radius 1 is 1.00 bits per heavy atom. The van der Waals surface area contributed by atoms with Crippen LogP contribution in [-0.2, 0) is 16.1 Å². The molecule has 0 aromatic heterocycles. The first-order chi connectivity index (χ1) is 9.29. The van der Waals surface area contributed by atoms with Gasteiger partial charge in [0.15, 0.2) is 0 Å². The van der Waals surface area contributed by atoms with Gasteiger partial charge in [-0.15, -0.1) is 0 Å². The van der Waals surface area contributed by atoms with E-state index >= 15 is 0 Å². The van der Waals surface area contributed by atoms with Crippen LogP contribution in [0.3, 0.4) is 0 Å². The maximum Gasteiger partial charge on any atom is 0.344 e. The van der Waals surface area contributed by atoms with E-state index in [2.05, 4.69) is 0 Å². The van der Waals surface area contributed by atoms with Gasteiger partial charge < -0.3 is 0 Å². The van der Waals surface area contributed by atoms with Gasteiger partial charge in [-0.25, -0.2) is 4.79 Å². The van der Waals surface area contributed by atoms with E-state index < -0.39 is 17.8 Å². The lowest BCUT2D eigenvalue weighted by Gasteiger charge is -2.22. The second-order valence-corrected chi connectivity index (χ2v) is 7.24. The molecule has 0 unspecified atom stereocenters. The molecule has 2 rings (SSSR count). The summed E-state index contributed by atoms with van der Waals surface area (Å²) in [6, 6.07) is 8.55. The summed E-state index contributed by atoms with van der Waals surface area (Å²) >= 11 is 1.07. The zero-order valence-electron chi connectivity index (χ0n) is 11.6. The van der Waals surface area contributed by atoms with Gasteiger partial charge in [-0.1, -0.05) is 30.3 Å². The van der Waals surface area contributed by atoms with Crippen LogP contribution in [0.25, 0.3) is 0 Å². The quantitative estimate of drug-likeness (QED) is 0.488. The van der Waals surface area contributed by atoms with Crippen LogP contribution in [0.2, 0.25) is 0 Å². The van der Waals surface area contributed by atoms with Gasteiger partial charge in [-0.05, 0) is 38.3 Å². The van der Waals surface area contributed by atoms with E-state index in [4.69, 9.17) is 0 Å². The highest BCUT2D eigenvalue weighted by Gasteiger charge is 2.46. The monoisotopic (exact) mass is 292 g/mol. The molecule has 0 spiro atoms. The summed E-state index contributed by atoms with van der Waals surface area (Å²) in [4.78, 5) is 37.0. The van der Waals surface area contributed by atoms with Gasteiger partial charge in [0.2, 0.25) is 0 Å². The van der Waals surface area contributed by atoms with Crippen molar-refractivity contribution in [2.24, 2.45) is 0 Å². The summed E-state index contributed by atoms with van der Waals surface area (Å²) < 4.78 is 0.625. The summed E-state index contributed by atoms with van der Waals surface area (Å²) in [6.07, 6.45) is 0. The standard InChI is InChI=1S/C14H16N2O3S/c1-14(2,3)20-16-12(18)11(17)15(13(16)19)9-10-7-5-4-6-8-10/h4-8H,9H2,1-3H3. The average molecular weight is 292 g/mol. The smallest absolute Gasteiger partial charge is 0.263 e. The molecule has 1 aromatic rings. The molecule has 1 fully saturated rings. The van der Waals surface area contributed by atoms with E-state index in [1.165, 1.54) is 0 Å². The third-order valence-electron chi connectivity index (χ3n) is 2.57. The lowest BCUT2D eigenvalue weighted by Crippen LogP contribution is -2.31. The predicted molar refractivity (Wildman–Crippen MR) is 76.6 cm³/mol. The summed E-state index contributed by atoms with van der Waals surface area (Å²) in [6.45, 7) is 5.75. The van der Waals surface area contributed by atoms with Crippen LogP contribution in [0.5, 0.6) is 0 Å². The fourth-order valence-corrected chi connectivity index (χ4v) is 2.63. The number of nitrogens with zero attached hydrogens (tertiary/aromatic N) is 2. The predicted octanol–water partition coefficient (Wildman–Crippen LogP) is 2.42. The average Bonchev–Trinajstić information content (AvgIpc) is 2.56.